The molecule has 7 heteroatoms. The van der Waals surface area contributed by atoms with Crippen LogP contribution in [0.4, 0.5) is 0 Å². The Hall–Kier alpha value is -1.92. The van der Waals surface area contributed by atoms with Gasteiger partial charge in [0.05, 0.1) is 12.7 Å². The molecule has 2 aromatic heterocycles. The van der Waals surface area contributed by atoms with Gasteiger partial charge in [-0.15, -0.1) is 5.10 Å². The standard InChI is InChI=1S/C14H9BrClN3O2/c1-21-14(20)8-2-3-19-12(6-8)17-13(18-19)9-4-10(15)7-11(16)5-9/h2-7H,1H3. The summed E-state index contributed by atoms with van der Waals surface area (Å²) in [5.41, 5.74) is 1.78. The van der Waals surface area contributed by atoms with E-state index < -0.39 is 5.97 Å². The number of nitrogens with zero attached hydrogens (tertiary/aromatic N) is 3. The second-order valence-corrected chi connectivity index (χ2v) is 5.66. The van der Waals surface area contributed by atoms with Crippen LogP contribution >= 0.6 is 27.5 Å². The molecular formula is C14H9BrClN3O2. The average molecular weight is 367 g/mol. The summed E-state index contributed by atoms with van der Waals surface area (Å²) in [4.78, 5) is 15.9. The molecule has 0 fully saturated rings. The van der Waals surface area contributed by atoms with Gasteiger partial charge in [-0.25, -0.2) is 14.3 Å². The number of halogens is 2. The fourth-order valence-corrected chi connectivity index (χ4v) is 2.79. The fraction of sp³-hybridized carbons (Fsp3) is 0.0714. The van der Waals surface area contributed by atoms with E-state index in [-0.39, 0.29) is 0 Å². The summed E-state index contributed by atoms with van der Waals surface area (Å²) in [6, 6.07) is 8.70. The minimum absolute atomic E-state index is 0.410. The first-order valence-electron chi connectivity index (χ1n) is 5.98. The van der Waals surface area contributed by atoms with E-state index in [1.165, 1.54) is 7.11 Å². The van der Waals surface area contributed by atoms with Crippen molar-refractivity contribution in [3.63, 3.8) is 0 Å². The lowest BCUT2D eigenvalue weighted by Gasteiger charge is -1.98. The molecule has 0 atom stereocenters. The maximum absolute atomic E-state index is 11.5. The second kappa shape index (κ2) is 5.46. The molecule has 0 aliphatic carbocycles. The first kappa shape index (κ1) is 14.0. The quantitative estimate of drug-likeness (QED) is 0.650. The smallest absolute Gasteiger partial charge is 0.338 e. The normalized spacial score (nSPS) is 10.8. The number of carbonyl (C=O) groups excluding carboxylic acids is 1. The molecule has 0 bridgehead atoms. The number of ether oxygens (including phenoxy) is 1. The lowest BCUT2D eigenvalue weighted by molar-refractivity contribution is 0.0600. The molecule has 0 unspecified atom stereocenters. The van der Waals surface area contributed by atoms with Gasteiger partial charge in [-0.05, 0) is 30.3 Å². The lowest BCUT2D eigenvalue weighted by atomic mass is 10.2. The molecule has 5 nitrogen and oxygen atoms in total. The Morgan fingerprint density at radius 2 is 2.14 bits per heavy atom. The summed E-state index contributed by atoms with van der Waals surface area (Å²) in [7, 11) is 1.34. The third-order valence-electron chi connectivity index (χ3n) is 2.88. The van der Waals surface area contributed by atoms with Crippen LogP contribution in [0.25, 0.3) is 17.0 Å². The summed E-state index contributed by atoms with van der Waals surface area (Å²) in [6.45, 7) is 0. The van der Waals surface area contributed by atoms with Crippen molar-refractivity contribution in [1.82, 2.24) is 14.6 Å². The number of rotatable bonds is 2. The summed E-state index contributed by atoms with van der Waals surface area (Å²) in [6.07, 6.45) is 1.66. The van der Waals surface area contributed by atoms with Gasteiger partial charge in [-0.1, -0.05) is 27.5 Å². The molecule has 0 saturated carbocycles. The number of aromatic nitrogens is 3. The molecule has 0 aliphatic heterocycles. The van der Waals surface area contributed by atoms with Crippen LogP contribution < -0.4 is 0 Å². The van der Waals surface area contributed by atoms with Crippen molar-refractivity contribution < 1.29 is 9.53 Å². The molecule has 0 spiro atoms. The monoisotopic (exact) mass is 365 g/mol. The molecule has 3 aromatic rings. The first-order valence-corrected chi connectivity index (χ1v) is 7.15. The highest BCUT2D eigenvalue weighted by Gasteiger charge is 2.11. The molecule has 0 amide bonds. The number of methoxy groups -OCH3 is 1. The van der Waals surface area contributed by atoms with E-state index in [4.69, 9.17) is 11.6 Å². The van der Waals surface area contributed by atoms with Gasteiger partial charge in [-0.2, -0.15) is 0 Å². The summed E-state index contributed by atoms with van der Waals surface area (Å²) >= 11 is 9.42. The van der Waals surface area contributed by atoms with Crippen LogP contribution in [0.5, 0.6) is 0 Å². The van der Waals surface area contributed by atoms with Crippen molar-refractivity contribution in [2.75, 3.05) is 7.11 Å². The van der Waals surface area contributed by atoms with Crippen molar-refractivity contribution in [3.8, 4) is 11.4 Å². The third kappa shape index (κ3) is 2.77. The highest BCUT2D eigenvalue weighted by Crippen LogP contribution is 2.25. The summed E-state index contributed by atoms with van der Waals surface area (Å²) in [5, 5.41) is 4.96. The number of esters is 1. The number of hydrogen-bond donors (Lipinski definition) is 0. The average Bonchev–Trinajstić information content (AvgIpc) is 2.88. The maximum Gasteiger partial charge on any atom is 0.338 e. The van der Waals surface area contributed by atoms with Gasteiger partial charge in [0.15, 0.2) is 11.5 Å². The van der Waals surface area contributed by atoms with E-state index in [9.17, 15) is 4.79 Å². The van der Waals surface area contributed by atoms with Gasteiger partial charge in [0, 0.05) is 21.3 Å². The highest BCUT2D eigenvalue weighted by atomic mass is 79.9. The van der Waals surface area contributed by atoms with Crippen molar-refractivity contribution in [3.05, 3.63) is 51.6 Å². The Balaban J connectivity index is 2.10. The first-order chi connectivity index (χ1) is 10.1. The Morgan fingerprint density at radius 3 is 2.86 bits per heavy atom. The van der Waals surface area contributed by atoms with E-state index >= 15 is 0 Å². The molecule has 2 heterocycles. The Bertz CT molecular complexity index is 827. The summed E-state index contributed by atoms with van der Waals surface area (Å²) in [5.74, 6) is 0.118. The van der Waals surface area contributed by atoms with Crippen LogP contribution in [0.2, 0.25) is 5.02 Å². The molecule has 1 aromatic carbocycles. The number of hydrogen-bond acceptors (Lipinski definition) is 4. The zero-order chi connectivity index (χ0) is 15.0. The van der Waals surface area contributed by atoms with Gasteiger partial charge < -0.3 is 4.74 Å². The molecule has 0 N–H and O–H groups in total. The topological polar surface area (TPSA) is 56.5 Å². The molecule has 106 valence electrons. The van der Waals surface area contributed by atoms with Crippen LogP contribution in [-0.4, -0.2) is 27.7 Å². The number of fused-ring (bicyclic) bond motifs is 1. The van der Waals surface area contributed by atoms with Gasteiger partial charge in [0.2, 0.25) is 0 Å². The van der Waals surface area contributed by atoms with Gasteiger partial charge in [0.25, 0.3) is 0 Å². The number of benzene rings is 1. The zero-order valence-electron chi connectivity index (χ0n) is 10.9. The van der Waals surface area contributed by atoms with E-state index in [0.29, 0.717) is 22.1 Å². The van der Waals surface area contributed by atoms with Crippen LogP contribution in [0, 0.1) is 0 Å². The molecule has 0 radical (unpaired) electrons. The molecular weight excluding hydrogens is 358 g/mol. The second-order valence-electron chi connectivity index (χ2n) is 4.30. The molecule has 3 rings (SSSR count). The van der Waals surface area contributed by atoms with Crippen molar-refractivity contribution in [1.29, 1.82) is 0 Å². The third-order valence-corrected chi connectivity index (χ3v) is 3.56. The minimum atomic E-state index is -0.410. The van der Waals surface area contributed by atoms with Crippen LogP contribution in [-0.2, 0) is 4.74 Å². The van der Waals surface area contributed by atoms with Crippen LogP contribution in [0.3, 0.4) is 0 Å². The molecule has 0 aliphatic rings. The molecule has 0 saturated heterocycles. The van der Waals surface area contributed by atoms with E-state index in [2.05, 4.69) is 30.7 Å². The Kier molecular flexibility index (Phi) is 3.65. The Labute approximate surface area is 133 Å². The van der Waals surface area contributed by atoms with Gasteiger partial charge >= 0.3 is 5.97 Å². The number of carbonyl (C=O) groups is 1. The van der Waals surface area contributed by atoms with Crippen molar-refractivity contribution in [2.45, 2.75) is 0 Å². The largest absolute Gasteiger partial charge is 0.465 e. The maximum atomic E-state index is 11.5. The van der Waals surface area contributed by atoms with E-state index in [0.717, 1.165) is 10.0 Å². The SMILES string of the molecule is COC(=O)c1ccn2nc(-c3cc(Cl)cc(Br)c3)nc2c1. The highest BCUT2D eigenvalue weighted by molar-refractivity contribution is 9.10. The fourth-order valence-electron chi connectivity index (χ4n) is 1.93. The van der Waals surface area contributed by atoms with E-state index in [1.807, 2.05) is 6.07 Å². The predicted molar refractivity (Wildman–Crippen MR) is 82.5 cm³/mol. The summed E-state index contributed by atoms with van der Waals surface area (Å²) < 4.78 is 7.13. The van der Waals surface area contributed by atoms with Crippen molar-refractivity contribution in [2.24, 2.45) is 0 Å². The Morgan fingerprint density at radius 1 is 1.33 bits per heavy atom. The number of pyridine rings is 1. The van der Waals surface area contributed by atoms with Gasteiger partial charge in [-0.3, -0.25) is 0 Å². The van der Waals surface area contributed by atoms with Gasteiger partial charge in [0.1, 0.15) is 0 Å². The lowest BCUT2D eigenvalue weighted by Crippen LogP contribution is -2.02. The van der Waals surface area contributed by atoms with Crippen molar-refractivity contribution >= 4 is 39.1 Å². The van der Waals surface area contributed by atoms with E-state index in [1.54, 1.807) is 35.0 Å². The van der Waals surface area contributed by atoms with Crippen LogP contribution in [0.15, 0.2) is 41.0 Å². The zero-order valence-corrected chi connectivity index (χ0v) is 13.2. The van der Waals surface area contributed by atoms with Crippen LogP contribution in [0.1, 0.15) is 10.4 Å². The molecule has 21 heavy (non-hydrogen) atoms. The minimum Gasteiger partial charge on any atom is -0.465 e. The predicted octanol–water partition coefficient (Wildman–Crippen LogP) is 3.60.